The highest BCUT2D eigenvalue weighted by Gasteiger charge is 2.15. The molecule has 0 radical (unpaired) electrons. The van der Waals surface area contributed by atoms with Crippen LogP contribution in [-0.2, 0) is 14.1 Å². The summed E-state index contributed by atoms with van der Waals surface area (Å²) in [7, 11) is 3.63. The van der Waals surface area contributed by atoms with Crippen LogP contribution in [0, 0.1) is 0 Å². The first kappa shape index (κ1) is 27.5. The molecule has 0 N–H and O–H groups in total. The summed E-state index contributed by atoms with van der Waals surface area (Å²) in [6.45, 7) is 0. The lowest BCUT2D eigenvalue weighted by atomic mass is 9.92. The summed E-state index contributed by atoms with van der Waals surface area (Å²) in [6.07, 6.45) is 0. The van der Waals surface area contributed by atoms with Crippen LogP contribution in [0.15, 0.2) is 150 Å². The van der Waals surface area contributed by atoms with E-state index >= 15 is 0 Å². The van der Waals surface area contributed by atoms with E-state index in [1.165, 1.54) is 0 Å². The summed E-state index contributed by atoms with van der Waals surface area (Å²) >= 11 is 0. The minimum Gasteiger partial charge on any atom is -0.295 e. The summed E-state index contributed by atoms with van der Waals surface area (Å²) in [4.78, 5) is 22.5. The van der Waals surface area contributed by atoms with E-state index in [1.54, 1.807) is 9.13 Å². The van der Waals surface area contributed by atoms with Crippen molar-refractivity contribution in [1.29, 1.82) is 0 Å². The first-order valence-corrected chi connectivity index (χ1v) is 15.3. The predicted octanol–water partition coefficient (Wildman–Crippen LogP) is 9.16. The quantitative estimate of drug-likeness (QED) is 0.200. The fourth-order valence-electron chi connectivity index (χ4n) is 6.36. The van der Waals surface area contributed by atoms with Crippen molar-refractivity contribution in [2.45, 2.75) is 0 Å². The molecule has 5 heteroatoms. The van der Waals surface area contributed by atoms with Crippen LogP contribution < -0.4 is 5.69 Å². The number of fused-ring (bicyclic) bond motifs is 2. The van der Waals surface area contributed by atoms with Crippen molar-refractivity contribution >= 4 is 21.8 Å². The molecule has 0 amide bonds. The number of rotatable bonds is 5. The molecule has 0 aliphatic rings. The number of hydrogen-bond donors (Lipinski definition) is 0. The average molecular weight is 595 g/mol. The standard InChI is InChI=1S/C41H30N4O/c1-44-38-24-21-31(25-39(38)45(2)41(44)46)27-17-19-28(20-18-27)32-22-23-35(34-16-10-9-15-33(32)34)37-26-36(29-11-5-3-6-12-29)42-40(43-37)30-13-7-4-8-14-30/h3-26H,1-2H3. The Kier molecular flexibility index (Phi) is 6.65. The second-order valence-electron chi connectivity index (χ2n) is 11.6. The Morgan fingerprint density at radius 1 is 0.435 bits per heavy atom. The number of aryl methyl sites for hydroxylation is 2. The maximum Gasteiger partial charge on any atom is 0.328 e. The molecule has 5 nitrogen and oxygen atoms in total. The predicted molar refractivity (Wildman–Crippen MR) is 188 cm³/mol. The van der Waals surface area contributed by atoms with Crippen LogP contribution in [0.1, 0.15) is 0 Å². The number of nitrogens with zero attached hydrogens (tertiary/aromatic N) is 4. The fourth-order valence-corrected chi connectivity index (χ4v) is 6.36. The van der Waals surface area contributed by atoms with E-state index in [0.717, 1.165) is 72.1 Å². The molecule has 0 aliphatic carbocycles. The molecule has 8 rings (SSSR count). The Morgan fingerprint density at radius 3 is 1.70 bits per heavy atom. The van der Waals surface area contributed by atoms with E-state index in [0.29, 0.717) is 5.82 Å². The van der Waals surface area contributed by atoms with E-state index in [9.17, 15) is 4.79 Å². The highest BCUT2D eigenvalue weighted by atomic mass is 16.1. The number of hydrogen-bond acceptors (Lipinski definition) is 3. The zero-order valence-electron chi connectivity index (χ0n) is 25.6. The lowest BCUT2D eigenvalue weighted by molar-refractivity contribution is 0.795. The Hall–Kier alpha value is -6.07. The van der Waals surface area contributed by atoms with Crippen LogP contribution in [0.2, 0.25) is 0 Å². The van der Waals surface area contributed by atoms with Gasteiger partial charge in [-0.15, -0.1) is 0 Å². The molecule has 0 saturated heterocycles. The number of imidazole rings is 1. The van der Waals surface area contributed by atoms with Gasteiger partial charge in [0.05, 0.1) is 22.4 Å². The largest absolute Gasteiger partial charge is 0.328 e. The van der Waals surface area contributed by atoms with Gasteiger partial charge in [-0.2, -0.15) is 0 Å². The highest BCUT2D eigenvalue weighted by Crippen LogP contribution is 2.37. The topological polar surface area (TPSA) is 52.7 Å². The van der Waals surface area contributed by atoms with Gasteiger partial charge in [-0.1, -0.05) is 127 Å². The summed E-state index contributed by atoms with van der Waals surface area (Å²) in [5.41, 5.74) is 11.2. The van der Waals surface area contributed by atoms with Crippen LogP contribution in [0.4, 0.5) is 0 Å². The van der Waals surface area contributed by atoms with E-state index < -0.39 is 0 Å². The fraction of sp³-hybridized carbons (Fsp3) is 0.0488. The normalized spacial score (nSPS) is 11.3. The van der Waals surface area contributed by atoms with Gasteiger partial charge >= 0.3 is 5.69 Å². The molecular formula is C41H30N4O. The molecular weight excluding hydrogens is 564 g/mol. The Bertz CT molecular complexity index is 2380. The zero-order chi connectivity index (χ0) is 31.2. The Labute approximate surface area is 266 Å². The first-order chi connectivity index (χ1) is 22.5. The monoisotopic (exact) mass is 594 g/mol. The molecule has 2 aromatic heterocycles. The van der Waals surface area contributed by atoms with Crippen LogP contribution >= 0.6 is 0 Å². The van der Waals surface area contributed by atoms with Crippen molar-refractivity contribution in [2.24, 2.45) is 14.1 Å². The van der Waals surface area contributed by atoms with E-state index in [2.05, 4.69) is 103 Å². The van der Waals surface area contributed by atoms with Gasteiger partial charge in [-0.3, -0.25) is 9.13 Å². The van der Waals surface area contributed by atoms with Crippen molar-refractivity contribution < 1.29 is 0 Å². The lowest BCUT2D eigenvalue weighted by Gasteiger charge is -2.14. The minimum atomic E-state index is -0.0210. The average Bonchev–Trinajstić information content (AvgIpc) is 3.34. The van der Waals surface area contributed by atoms with E-state index in [1.807, 2.05) is 56.6 Å². The summed E-state index contributed by atoms with van der Waals surface area (Å²) in [6, 6.07) is 50.3. The van der Waals surface area contributed by atoms with Crippen molar-refractivity contribution in [3.63, 3.8) is 0 Å². The molecule has 0 fully saturated rings. The van der Waals surface area contributed by atoms with E-state index in [4.69, 9.17) is 9.97 Å². The number of aromatic nitrogens is 4. The molecule has 0 atom stereocenters. The molecule has 6 aromatic carbocycles. The van der Waals surface area contributed by atoms with Gasteiger partial charge in [0.1, 0.15) is 0 Å². The van der Waals surface area contributed by atoms with Crippen LogP contribution in [0.25, 0.3) is 78.0 Å². The van der Waals surface area contributed by atoms with Crippen LogP contribution in [-0.4, -0.2) is 19.1 Å². The van der Waals surface area contributed by atoms with Gasteiger partial charge in [0.2, 0.25) is 0 Å². The molecule has 8 aromatic rings. The Morgan fingerprint density at radius 2 is 0.978 bits per heavy atom. The van der Waals surface area contributed by atoms with Crippen molar-refractivity contribution in [2.75, 3.05) is 0 Å². The van der Waals surface area contributed by atoms with Gasteiger partial charge in [0, 0.05) is 30.8 Å². The summed E-state index contributed by atoms with van der Waals surface area (Å²) < 4.78 is 3.38. The molecule has 220 valence electrons. The third-order valence-corrected chi connectivity index (χ3v) is 8.83. The smallest absolute Gasteiger partial charge is 0.295 e. The van der Waals surface area contributed by atoms with Crippen molar-refractivity contribution in [3.05, 3.63) is 156 Å². The van der Waals surface area contributed by atoms with Gasteiger partial charge in [0.25, 0.3) is 0 Å². The van der Waals surface area contributed by atoms with Gasteiger partial charge in [0.15, 0.2) is 5.82 Å². The molecule has 0 aliphatic heterocycles. The molecule has 0 bridgehead atoms. The second-order valence-corrected chi connectivity index (χ2v) is 11.6. The highest BCUT2D eigenvalue weighted by molar-refractivity contribution is 6.05. The summed E-state index contributed by atoms with van der Waals surface area (Å²) in [5.74, 6) is 0.703. The third-order valence-electron chi connectivity index (χ3n) is 8.83. The molecule has 0 spiro atoms. The van der Waals surface area contributed by atoms with Gasteiger partial charge in [-0.25, -0.2) is 14.8 Å². The summed E-state index contributed by atoms with van der Waals surface area (Å²) in [5, 5.41) is 2.30. The maximum absolute atomic E-state index is 12.4. The molecule has 46 heavy (non-hydrogen) atoms. The van der Waals surface area contributed by atoms with Gasteiger partial charge in [-0.05, 0) is 51.2 Å². The third kappa shape index (κ3) is 4.70. The SMILES string of the molecule is Cn1c(=O)n(C)c2cc(-c3ccc(-c4ccc(-c5cc(-c6ccccc6)nc(-c6ccccc6)n5)c5ccccc45)cc3)ccc21. The van der Waals surface area contributed by atoms with E-state index in [-0.39, 0.29) is 5.69 Å². The van der Waals surface area contributed by atoms with Crippen LogP contribution in [0.5, 0.6) is 0 Å². The zero-order valence-corrected chi connectivity index (χ0v) is 25.6. The molecule has 0 saturated carbocycles. The first-order valence-electron chi connectivity index (χ1n) is 15.3. The minimum absolute atomic E-state index is 0.0210. The van der Waals surface area contributed by atoms with Crippen molar-refractivity contribution in [1.82, 2.24) is 19.1 Å². The van der Waals surface area contributed by atoms with Crippen LogP contribution in [0.3, 0.4) is 0 Å². The van der Waals surface area contributed by atoms with Crippen molar-refractivity contribution in [3.8, 4) is 56.2 Å². The molecule has 2 heterocycles. The molecule has 0 unspecified atom stereocenters. The second kappa shape index (κ2) is 11.1. The maximum atomic E-state index is 12.4. The number of benzene rings is 6. The Balaban J connectivity index is 1.22. The van der Waals surface area contributed by atoms with Gasteiger partial charge < -0.3 is 0 Å². The lowest BCUT2D eigenvalue weighted by Crippen LogP contribution is -2.19.